The number of amides is 1. The van der Waals surface area contributed by atoms with E-state index in [0.29, 0.717) is 37.4 Å². The highest BCUT2D eigenvalue weighted by Gasteiger charge is 2.17. The maximum Gasteiger partial charge on any atom is 0.232 e. The SMILES string of the molecule is CCOc1ccc(N(CCCC(=O)NCCCN2CCOCC2)S(C)(=O)=O)cc1. The lowest BCUT2D eigenvalue weighted by molar-refractivity contribution is -0.121. The Hall–Kier alpha value is -1.84. The highest BCUT2D eigenvalue weighted by molar-refractivity contribution is 7.92. The van der Waals surface area contributed by atoms with Gasteiger partial charge in [-0.1, -0.05) is 0 Å². The van der Waals surface area contributed by atoms with Crippen LogP contribution in [0.2, 0.25) is 0 Å². The molecule has 0 atom stereocenters. The molecule has 9 heteroatoms. The summed E-state index contributed by atoms with van der Waals surface area (Å²) >= 11 is 0. The molecule has 1 aromatic carbocycles. The number of benzene rings is 1. The van der Waals surface area contributed by atoms with Gasteiger partial charge in [0, 0.05) is 32.6 Å². The summed E-state index contributed by atoms with van der Waals surface area (Å²) in [5, 5.41) is 2.91. The van der Waals surface area contributed by atoms with Crippen molar-refractivity contribution >= 4 is 21.6 Å². The molecular weight excluding hydrogens is 394 g/mol. The molecule has 0 radical (unpaired) electrons. The van der Waals surface area contributed by atoms with Crippen molar-refractivity contribution in [3.63, 3.8) is 0 Å². The average molecular weight is 428 g/mol. The van der Waals surface area contributed by atoms with E-state index in [1.54, 1.807) is 24.3 Å². The van der Waals surface area contributed by atoms with Gasteiger partial charge in [-0.3, -0.25) is 14.0 Å². The Morgan fingerprint density at radius 1 is 1.21 bits per heavy atom. The highest BCUT2D eigenvalue weighted by Crippen LogP contribution is 2.22. The van der Waals surface area contributed by atoms with Crippen molar-refractivity contribution in [2.24, 2.45) is 0 Å². The minimum absolute atomic E-state index is 0.0490. The smallest absolute Gasteiger partial charge is 0.232 e. The fourth-order valence-corrected chi connectivity index (χ4v) is 4.15. The zero-order valence-electron chi connectivity index (χ0n) is 17.4. The maximum atomic E-state index is 12.2. The number of carbonyl (C=O) groups excluding carboxylic acids is 1. The summed E-state index contributed by atoms with van der Waals surface area (Å²) in [7, 11) is -3.43. The van der Waals surface area contributed by atoms with Gasteiger partial charge in [-0.25, -0.2) is 8.42 Å². The minimum atomic E-state index is -3.43. The second-order valence-corrected chi connectivity index (χ2v) is 8.93. The fourth-order valence-electron chi connectivity index (χ4n) is 3.19. The molecule has 0 unspecified atom stereocenters. The van der Waals surface area contributed by atoms with E-state index in [2.05, 4.69) is 10.2 Å². The van der Waals surface area contributed by atoms with Crippen LogP contribution >= 0.6 is 0 Å². The largest absolute Gasteiger partial charge is 0.494 e. The van der Waals surface area contributed by atoms with Gasteiger partial charge in [0.2, 0.25) is 15.9 Å². The lowest BCUT2D eigenvalue weighted by Gasteiger charge is -2.26. The zero-order valence-corrected chi connectivity index (χ0v) is 18.2. The van der Waals surface area contributed by atoms with Crippen LogP contribution in [0.3, 0.4) is 0 Å². The van der Waals surface area contributed by atoms with E-state index in [9.17, 15) is 13.2 Å². The lowest BCUT2D eigenvalue weighted by atomic mass is 10.2. The third-order valence-corrected chi connectivity index (χ3v) is 5.87. The Bertz CT molecular complexity index is 718. The van der Waals surface area contributed by atoms with Crippen LogP contribution in [0.4, 0.5) is 5.69 Å². The number of morpholine rings is 1. The van der Waals surface area contributed by atoms with Gasteiger partial charge in [-0.15, -0.1) is 0 Å². The van der Waals surface area contributed by atoms with Crippen LogP contribution in [-0.4, -0.2) is 78.0 Å². The van der Waals surface area contributed by atoms with Gasteiger partial charge in [0.05, 0.1) is 31.8 Å². The van der Waals surface area contributed by atoms with E-state index < -0.39 is 10.0 Å². The molecular formula is C20H33N3O5S. The lowest BCUT2D eigenvalue weighted by Crippen LogP contribution is -2.38. The van der Waals surface area contributed by atoms with Crippen molar-refractivity contribution in [2.45, 2.75) is 26.2 Å². The Morgan fingerprint density at radius 3 is 2.52 bits per heavy atom. The fraction of sp³-hybridized carbons (Fsp3) is 0.650. The van der Waals surface area contributed by atoms with Gasteiger partial charge in [-0.2, -0.15) is 0 Å². The summed E-state index contributed by atoms with van der Waals surface area (Å²) in [6.07, 6.45) is 2.82. The Labute approximate surface area is 174 Å². The van der Waals surface area contributed by atoms with Crippen LogP contribution in [0.15, 0.2) is 24.3 Å². The van der Waals surface area contributed by atoms with Crippen LogP contribution in [0.5, 0.6) is 5.75 Å². The highest BCUT2D eigenvalue weighted by atomic mass is 32.2. The van der Waals surface area contributed by atoms with Gasteiger partial charge in [0.25, 0.3) is 0 Å². The first kappa shape index (κ1) is 23.4. The summed E-state index contributed by atoms with van der Waals surface area (Å²) in [6.45, 7) is 7.72. The number of hydrogen-bond acceptors (Lipinski definition) is 6. The van der Waals surface area contributed by atoms with Crippen LogP contribution < -0.4 is 14.4 Å². The van der Waals surface area contributed by atoms with Gasteiger partial charge in [0.1, 0.15) is 5.75 Å². The van der Waals surface area contributed by atoms with Gasteiger partial charge in [0.15, 0.2) is 0 Å². The number of hydrogen-bond donors (Lipinski definition) is 1. The van der Waals surface area contributed by atoms with Gasteiger partial charge in [-0.05, 0) is 50.6 Å². The molecule has 1 aliphatic rings. The topological polar surface area (TPSA) is 88.2 Å². The molecule has 1 aliphatic heterocycles. The Morgan fingerprint density at radius 2 is 1.90 bits per heavy atom. The zero-order chi connectivity index (χ0) is 21.1. The standard InChI is InChI=1S/C20H33N3O5S/c1-3-28-19-9-7-18(8-10-19)23(29(2,25)26)13-4-6-20(24)21-11-5-12-22-14-16-27-17-15-22/h7-10H,3-6,11-17H2,1-2H3,(H,21,24). The van der Waals surface area contributed by atoms with Crippen molar-refractivity contribution in [3.05, 3.63) is 24.3 Å². The molecule has 164 valence electrons. The van der Waals surface area contributed by atoms with Gasteiger partial charge < -0.3 is 14.8 Å². The van der Waals surface area contributed by atoms with Crippen molar-refractivity contribution in [2.75, 3.05) is 63.1 Å². The number of anilines is 1. The van der Waals surface area contributed by atoms with Crippen molar-refractivity contribution < 1.29 is 22.7 Å². The number of nitrogens with one attached hydrogen (secondary N) is 1. The molecule has 1 heterocycles. The van der Waals surface area contributed by atoms with Crippen molar-refractivity contribution in [3.8, 4) is 5.75 Å². The molecule has 0 aromatic heterocycles. The first-order chi connectivity index (χ1) is 13.9. The number of ether oxygens (including phenoxy) is 2. The third-order valence-electron chi connectivity index (χ3n) is 4.68. The molecule has 1 saturated heterocycles. The molecule has 2 rings (SSSR count). The van der Waals surface area contributed by atoms with E-state index in [1.807, 2.05) is 6.92 Å². The second kappa shape index (κ2) is 12.0. The van der Waals surface area contributed by atoms with E-state index in [-0.39, 0.29) is 12.5 Å². The van der Waals surface area contributed by atoms with E-state index in [4.69, 9.17) is 9.47 Å². The van der Waals surface area contributed by atoms with Gasteiger partial charge >= 0.3 is 0 Å². The molecule has 0 aliphatic carbocycles. The van der Waals surface area contributed by atoms with Crippen LogP contribution in [-0.2, 0) is 19.6 Å². The van der Waals surface area contributed by atoms with Crippen LogP contribution in [0, 0.1) is 0 Å². The summed E-state index contributed by atoms with van der Waals surface area (Å²) in [5.41, 5.74) is 0.571. The molecule has 8 nitrogen and oxygen atoms in total. The monoisotopic (exact) mass is 427 g/mol. The predicted molar refractivity (Wildman–Crippen MR) is 114 cm³/mol. The number of nitrogens with zero attached hydrogens (tertiary/aromatic N) is 2. The molecule has 0 saturated carbocycles. The normalized spacial score (nSPS) is 15.1. The maximum absolute atomic E-state index is 12.2. The predicted octanol–water partition coefficient (Wildman–Crippen LogP) is 1.47. The quantitative estimate of drug-likeness (QED) is 0.508. The first-order valence-electron chi connectivity index (χ1n) is 10.2. The second-order valence-electron chi connectivity index (χ2n) is 7.02. The molecule has 1 fully saturated rings. The number of carbonyl (C=O) groups is 1. The minimum Gasteiger partial charge on any atom is -0.494 e. The van der Waals surface area contributed by atoms with Crippen molar-refractivity contribution in [1.29, 1.82) is 0 Å². The van der Waals surface area contributed by atoms with Crippen LogP contribution in [0.25, 0.3) is 0 Å². The molecule has 1 aromatic rings. The summed E-state index contributed by atoms with van der Waals surface area (Å²) in [5.74, 6) is 0.647. The van der Waals surface area contributed by atoms with E-state index >= 15 is 0 Å². The summed E-state index contributed by atoms with van der Waals surface area (Å²) < 4.78 is 36.4. The molecule has 0 spiro atoms. The summed E-state index contributed by atoms with van der Waals surface area (Å²) in [6, 6.07) is 6.94. The first-order valence-corrected chi connectivity index (χ1v) is 12.0. The molecule has 29 heavy (non-hydrogen) atoms. The molecule has 0 bridgehead atoms. The number of rotatable bonds is 12. The Balaban J connectivity index is 1.72. The number of sulfonamides is 1. The van der Waals surface area contributed by atoms with E-state index in [1.165, 1.54) is 10.6 Å². The van der Waals surface area contributed by atoms with Crippen molar-refractivity contribution in [1.82, 2.24) is 10.2 Å². The third kappa shape index (κ3) is 8.59. The average Bonchev–Trinajstić information content (AvgIpc) is 2.69. The molecule has 1 N–H and O–H groups in total. The van der Waals surface area contributed by atoms with Crippen LogP contribution in [0.1, 0.15) is 26.2 Å². The Kier molecular flexibility index (Phi) is 9.69. The summed E-state index contributed by atoms with van der Waals surface area (Å²) in [4.78, 5) is 14.4. The van der Waals surface area contributed by atoms with E-state index in [0.717, 1.165) is 39.3 Å². The molecule has 1 amide bonds.